The van der Waals surface area contributed by atoms with Gasteiger partial charge in [-0.2, -0.15) is 0 Å². The molecule has 4 heteroatoms. The predicted molar refractivity (Wildman–Crippen MR) is 66.3 cm³/mol. The van der Waals surface area contributed by atoms with Crippen LogP contribution in [0.15, 0.2) is 18.2 Å². The van der Waals surface area contributed by atoms with Gasteiger partial charge in [-0.1, -0.05) is 12.1 Å². The first-order valence-corrected chi connectivity index (χ1v) is 6.28. The number of carbonyl (C=O) groups is 2. The maximum Gasteiger partial charge on any atom is 0.306 e. The molecule has 2 aliphatic rings. The Kier molecular flexibility index (Phi) is 2.58. The Labute approximate surface area is 105 Å². The van der Waals surface area contributed by atoms with E-state index in [4.69, 9.17) is 5.11 Å². The first-order valence-electron chi connectivity index (χ1n) is 6.28. The first-order chi connectivity index (χ1) is 8.63. The lowest BCUT2D eigenvalue weighted by atomic mass is 9.98. The minimum absolute atomic E-state index is 0.0726. The third-order valence-corrected chi connectivity index (χ3v) is 3.80. The quantitative estimate of drug-likeness (QED) is 0.853. The van der Waals surface area contributed by atoms with Crippen LogP contribution in [0.1, 0.15) is 24.0 Å². The number of benzene rings is 1. The molecule has 0 saturated heterocycles. The van der Waals surface area contributed by atoms with E-state index in [0.717, 1.165) is 24.9 Å². The van der Waals surface area contributed by atoms with E-state index in [9.17, 15) is 9.59 Å². The summed E-state index contributed by atoms with van der Waals surface area (Å²) >= 11 is 0. The molecule has 18 heavy (non-hydrogen) atoms. The van der Waals surface area contributed by atoms with Crippen molar-refractivity contribution in [3.05, 3.63) is 29.3 Å². The summed E-state index contributed by atoms with van der Waals surface area (Å²) in [7, 11) is 0. The number of carboxylic acid groups (broad SMARTS) is 1. The molecule has 1 amide bonds. The van der Waals surface area contributed by atoms with Crippen molar-refractivity contribution in [2.75, 3.05) is 5.32 Å². The Morgan fingerprint density at radius 1 is 1.39 bits per heavy atom. The average molecular weight is 245 g/mol. The van der Waals surface area contributed by atoms with Crippen LogP contribution in [0.4, 0.5) is 5.69 Å². The molecule has 2 unspecified atom stereocenters. The van der Waals surface area contributed by atoms with E-state index in [1.807, 2.05) is 12.1 Å². The van der Waals surface area contributed by atoms with Crippen molar-refractivity contribution >= 4 is 17.6 Å². The number of hydrogen-bond acceptors (Lipinski definition) is 2. The number of nitrogens with one attached hydrogen (secondary N) is 1. The normalized spacial score (nSPS) is 25.2. The number of aliphatic carboxylic acids is 1. The van der Waals surface area contributed by atoms with Gasteiger partial charge in [-0.05, 0) is 42.4 Å². The Balaban J connectivity index is 1.71. The number of amides is 1. The third-order valence-electron chi connectivity index (χ3n) is 3.80. The van der Waals surface area contributed by atoms with Gasteiger partial charge in [-0.15, -0.1) is 0 Å². The van der Waals surface area contributed by atoms with E-state index in [1.54, 1.807) is 0 Å². The molecule has 0 aromatic heterocycles. The maximum atomic E-state index is 11.2. The smallest absolute Gasteiger partial charge is 0.306 e. The highest BCUT2D eigenvalue weighted by Gasteiger charge is 2.42. The highest BCUT2D eigenvalue weighted by Crippen LogP contribution is 2.41. The molecule has 1 fully saturated rings. The van der Waals surface area contributed by atoms with E-state index >= 15 is 0 Å². The van der Waals surface area contributed by atoms with Crippen LogP contribution in [-0.4, -0.2) is 17.0 Å². The molecule has 94 valence electrons. The second-order valence-electron chi connectivity index (χ2n) is 5.18. The lowest BCUT2D eigenvalue weighted by molar-refractivity contribution is -0.138. The summed E-state index contributed by atoms with van der Waals surface area (Å²) < 4.78 is 0. The molecule has 3 rings (SSSR count). The van der Waals surface area contributed by atoms with Crippen LogP contribution in [0.2, 0.25) is 0 Å². The van der Waals surface area contributed by atoms with Gasteiger partial charge in [0.2, 0.25) is 5.91 Å². The van der Waals surface area contributed by atoms with Crippen molar-refractivity contribution in [1.29, 1.82) is 0 Å². The van der Waals surface area contributed by atoms with Crippen LogP contribution >= 0.6 is 0 Å². The Morgan fingerprint density at radius 2 is 2.22 bits per heavy atom. The van der Waals surface area contributed by atoms with Gasteiger partial charge in [0.1, 0.15) is 0 Å². The number of carboxylic acids is 1. The van der Waals surface area contributed by atoms with Crippen LogP contribution < -0.4 is 5.32 Å². The molecule has 1 aliphatic carbocycles. The number of hydrogen-bond donors (Lipinski definition) is 2. The van der Waals surface area contributed by atoms with Crippen LogP contribution in [0, 0.1) is 11.8 Å². The summed E-state index contributed by atoms with van der Waals surface area (Å²) in [5.41, 5.74) is 3.25. The van der Waals surface area contributed by atoms with Crippen LogP contribution in [0.5, 0.6) is 0 Å². The molecule has 1 aromatic rings. The summed E-state index contributed by atoms with van der Waals surface area (Å²) in [6.45, 7) is 0. The molecule has 0 spiro atoms. The number of rotatable bonds is 3. The fraction of sp³-hybridized carbons (Fsp3) is 0.429. The average Bonchev–Trinajstić information content (AvgIpc) is 3.09. The lowest BCUT2D eigenvalue weighted by Gasteiger charge is -2.17. The highest BCUT2D eigenvalue weighted by atomic mass is 16.4. The summed E-state index contributed by atoms with van der Waals surface area (Å²) in [5.74, 6) is -0.465. The Hall–Kier alpha value is -1.84. The Morgan fingerprint density at radius 3 is 2.94 bits per heavy atom. The van der Waals surface area contributed by atoms with Gasteiger partial charge in [0.05, 0.1) is 5.92 Å². The third kappa shape index (κ3) is 2.10. The van der Waals surface area contributed by atoms with Gasteiger partial charge in [0.25, 0.3) is 0 Å². The zero-order valence-corrected chi connectivity index (χ0v) is 9.98. The van der Waals surface area contributed by atoms with Gasteiger partial charge < -0.3 is 10.4 Å². The van der Waals surface area contributed by atoms with Crippen LogP contribution in [-0.2, 0) is 22.4 Å². The second kappa shape index (κ2) is 4.12. The van der Waals surface area contributed by atoms with Crippen molar-refractivity contribution in [3.63, 3.8) is 0 Å². The summed E-state index contributed by atoms with van der Waals surface area (Å²) in [5, 5.41) is 11.7. The number of anilines is 1. The van der Waals surface area contributed by atoms with Gasteiger partial charge in [0.15, 0.2) is 0 Å². The molecular weight excluding hydrogens is 230 g/mol. The van der Waals surface area contributed by atoms with Gasteiger partial charge >= 0.3 is 5.97 Å². The number of aryl methyl sites for hydroxylation is 1. The topological polar surface area (TPSA) is 66.4 Å². The van der Waals surface area contributed by atoms with Gasteiger partial charge in [-0.3, -0.25) is 9.59 Å². The zero-order valence-electron chi connectivity index (χ0n) is 9.98. The molecule has 1 aliphatic heterocycles. The zero-order chi connectivity index (χ0) is 12.7. The molecule has 2 atom stereocenters. The van der Waals surface area contributed by atoms with Gasteiger partial charge in [0, 0.05) is 12.1 Å². The fourth-order valence-corrected chi connectivity index (χ4v) is 2.64. The highest BCUT2D eigenvalue weighted by molar-refractivity contribution is 5.93. The Bertz CT molecular complexity index is 524. The summed E-state index contributed by atoms with van der Waals surface area (Å²) in [6.07, 6.45) is 2.95. The second-order valence-corrected chi connectivity index (χ2v) is 5.18. The van der Waals surface area contributed by atoms with Gasteiger partial charge in [-0.25, -0.2) is 0 Å². The van der Waals surface area contributed by atoms with Crippen molar-refractivity contribution in [3.8, 4) is 0 Å². The standard InChI is InChI=1S/C14H15NO3/c16-13-4-2-9-5-8(1-3-12(9)15-13)6-10-7-11(10)14(17)18/h1,3,5,10-11H,2,4,6-7H2,(H,15,16)(H,17,18). The van der Waals surface area contributed by atoms with E-state index in [2.05, 4.69) is 11.4 Å². The lowest BCUT2D eigenvalue weighted by Crippen LogP contribution is -2.19. The largest absolute Gasteiger partial charge is 0.481 e. The van der Waals surface area contributed by atoms with Crippen molar-refractivity contribution in [2.24, 2.45) is 11.8 Å². The summed E-state index contributed by atoms with van der Waals surface area (Å²) in [6, 6.07) is 6.02. The number of fused-ring (bicyclic) bond motifs is 1. The van der Waals surface area contributed by atoms with E-state index in [0.29, 0.717) is 12.3 Å². The minimum atomic E-state index is -0.676. The molecule has 1 aromatic carbocycles. The van der Waals surface area contributed by atoms with E-state index in [1.165, 1.54) is 11.1 Å². The molecule has 0 bridgehead atoms. The number of carbonyl (C=O) groups excluding carboxylic acids is 1. The monoisotopic (exact) mass is 245 g/mol. The summed E-state index contributed by atoms with van der Waals surface area (Å²) in [4.78, 5) is 22.0. The SMILES string of the molecule is O=C1CCc2cc(CC3CC3C(=O)O)ccc2N1. The molecular formula is C14H15NO3. The first kappa shape index (κ1) is 11.3. The molecule has 2 N–H and O–H groups in total. The van der Waals surface area contributed by atoms with E-state index in [-0.39, 0.29) is 11.8 Å². The minimum Gasteiger partial charge on any atom is -0.481 e. The molecule has 1 saturated carbocycles. The van der Waals surface area contributed by atoms with Crippen molar-refractivity contribution in [1.82, 2.24) is 0 Å². The molecule has 0 radical (unpaired) electrons. The maximum absolute atomic E-state index is 11.2. The van der Waals surface area contributed by atoms with Crippen molar-refractivity contribution < 1.29 is 14.7 Å². The molecule has 1 heterocycles. The van der Waals surface area contributed by atoms with Crippen LogP contribution in [0.25, 0.3) is 0 Å². The predicted octanol–water partition coefficient (Wildman–Crippen LogP) is 1.83. The molecule has 4 nitrogen and oxygen atoms in total. The van der Waals surface area contributed by atoms with Crippen molar-refractivity contribution in [2.45, 2.75) is 25.7 Å². The van der Waals surface area contributed by atoms with Crippen LogP contribution in [0.3, 0.4) is 0 Å². The fourth-order valence-electron chi connectivity index (χ4n) is 2.64. The van der Waals surface area contributed by atoms with E-state index < -0.39 is 5.97 Å².